The molecule has 3 aromatic rings. The second-order valence-corrected chi connectivity index (χ2v) is 5.04. The normalized spacial score (nSPS) is 11.2. The van der Waals surface area contributed by atoms with Crippen molar-refractivity contribution in [3.05, 3.63) is 46.4 Å². The molecule has 2 heterocycles. The van der Waals surface area contributed by atoms with Gasteiger partial charge < -0.3 is 20.0 Å². The van der Waals surface area contributed by atoms with E-state index in [-0.39, 0.29) is 0 Å². The zero-order valence-corrected chi connectivity index (χ0v) is 11.8. The minimum absolute atomic E-state index is 0.325. The Bertz CT molecular complexity index is 748. The Kier molecular flexibility index (Phi) is 3.38. The van der Waals surface area contributed by atoms with Gasteiger partial charge in [-0.15, -0.1) is 0 Å². The number of quaternary nitrogens is 1. The van der Waals surface area contributed by atoms with E-state index >= 15 is 0 Å². The van der Waals surface area contributed by atoms with Crippen LogP contribution in [0.15, 0.2) is 28.8 Å². The van der Waals surface area contributed by atoms with Gasteiger partial charge in [-0.1, -0.05) is 16.8 Å². The first-order chi connectivity index (χ1) is 9.65. The molecule has 0 aliphatic rings. The van der Waals surface area contributed by atoms with E-state index in [0.717, 1.165) is 28.1 Å². The zero-order valence-electron chi connectivity index (χ0n) is 11.1. The third-order valence-electron chi connectivity index (χ3n) is 3.05. The van der Waals surface area contributed by atoms with E-state index in [1.54, 1.807) is 0 Å². The fourth-order valence-electron chi connectivity index (χ4n) is 2.08. The van der Waals surface area contributed by atoms with Crippen LogP contribution in [0.5, 0.6) is 5.75 Å². The van der Waals surface area contributed by atoms with Crippen LogP contribution in [0.1, 0.15) is 17.1 Å². The number of H-pyrrole nitrogens is 1. The van der Waals surface area contributed by atoms with Gasteiger partial charge in [0.2, 0.25) is 0 Å². The van der Waals surface area contributed by atoms with Crippen LogP contribution in [0.2, 0.25) is 5.02 Å². The molecule has 3 rings (SSSR count). The van der Waals surface area contributed by atoms with Crippen LogP contribution in [0, 0.1) is 6.92 Å². The molecule has 6 heteroatoms. The Morgan fingerprint density at radius 1 is 1.35 bits per heavy atom. The van der Waals surface area contributed by atoms with Crippen molar-refractivity contribution < 1.29 is 15.0 Å². The summed E-state index contributed by atoms with van der Waals surface area (Å²) >= 11 is 6.23. The van der Waals surface area contributed by atoms with Crippen molar-refractivity contribution in [1.29, 1.82) is 0 Å². The van der Waals surface area contributed by atoms with Gasteiger partial charge in [-0.05, 0) is 19.1 Å². The number of rotatable bonds is 4. The number of aryl methyl sites for hydroxylation is 1. The Morgan fingerprint density at radius 3 is 2.90 bits per heavy atom. The number of hydrogen-bond acceptors (Lipinski definition) is 3. The predicted molar refractivity (Wildman–Crippen MR) is 75.5 cm³/mol. The lowest BCUT2D eigenvalue weighted by Gasteiger charge is -2.06. The average molecular weight is 293 g/mol. The van der Waals surface area contributed by atoms with Crippen LogP contribution in [-0.4, -0.2) is 10.1 Å². The fraction of sp³-hybridized carbons (Fsp3) is 0.214. The molecule has 0 aliphatic heterocycles. The van der Waals surface area contributed by atoms with Crippen LogP contribution in [0.4, 0.5) is 0 Å². The maximum absolute atomic E-state index is 6.23. The number of aromatic amines is 1. The minimum Gasteiger partial charge on any atom is -0.486 e. The van der Waals surface area contributed by atoms with Crippen molar-refractivity contribution in [2.24, 2.45) is 0 Å². The van der Waals surface area contributed by atoms with E-state index in [1.165, 1.54) is 0 Å². The molecule has 0 bridgehead atoms. The Hall–Kier alpha value is -1.98. The van der Waals surface area contributed by atoms with E-state index in [9.17, 15) is 0 Å². The van der Waals surface area contributed by atoms with E-state index in [4.69, 9.17) is 20.9 Å². The van der Waals surface area contributed by atoms with E-state index in [0.29, 0.717) is 23.9 Å². The molecule has 4 N–H and O–H groups in total. The number of halogens is 1. The summed E-state index contributed by atoms with van der Waals surface area (Å²) in [7, 11) is 0. The Morgan fingerprint density at radius 2 is 2.20 bits per heavy atom. The van der Waals surface area contributed by atoms with Crippen molar-refractivity contribution in [2.45, 2.75) is 20.1 Å². The summed E-state index contributed by atoms with van der Waals surface area (Å²) in [5, 5.41) is 5.51. The summed E-state index contributed by atoms with van der Waals surface area (Å²) in [6.45, 7) is 2.88. The second kappa shape index (κ2) is 5.19. The number of hydrogen-bond donors (Lipinski definition) is 2. The highest BCUT2D eigenvalue weighted by atomic mass is 35.5. The zero-order chi connectivity index (χ0) is 14.1. The molecule has 0 aliphatic carbocycles. The molecule has 0 amide bonds. The largest absolute Gasteiger partial charge is 0.486 e. The topological polar surface area (TPSA) is 78.7 Å². The minimum atomic E-state index is 0.325. The second-order valence-electron chi connectivity index (χ2n) is 4.63. The van der Waals surface area contributed by atoms with Gasteiger partial charge in [0.15, 0.2) is 0 Å². The molecule has 2 aromatic heterocycles. The van der Waals surface area contributed by atoms with Crippen LogP contribution >= 0.6 is 11.6 Å². The third kappa shape index (κ3) is 2.50. The molecule has 0 spiro atoms. The van der Waals surface area contributed by atoms with Gasteiger partial charge in [0.05, 0.1) is 10.7 Å². The highest BCUT2D eigenvalue weighted by Gasteiger charge is 2.09. The number of fused-ring (bicyclic) bond motifs is 1. The molecule has 0 unspecified atom stereocenters. The average Bonchev–Trinajstić information content (AvgIpc) is 3.01. The van der Waals surface area contributed by atoms with Gasteiger partial charge in [0.25, 0.3) is 0 Å². The standard InChI is InChI=1S/C14H14ClN3O2/c1-8-2-11(18-20-8)7-19-14-5-13-9(4-12(14)15)3-10(6-16)17-13/h2-5,17H,6-7,16H2,1H3/p+1. The number of ether oxygens (including phenoxy) is 1. The Balaban J connectivity index is 1.85. The van der Waals surface area contributed by atoms with Gasteiger partial charge in [0.1, 0.15) is 30.4 Å². The summed E-state index contributed by atoms with van der Waals surface area (Å²) in [6, 6.07) is 7.65. The smallest absolute Gasteiger partial charge is 0.140 e. The van der Waals surface area contributed by atoms with E-state index in [1.807, 2.05) is 31.2 Å². The molecule has 20 heavy (non-hydrogen) atoms. The van der Waals surface area contributed by atoms with E-state index in [2.05, 4.69) is 15.9 Å². The first-order valence-corrected chi connectivity index (χ1v) is 6.69. The van der Waals surface area contributed by atoms with Gasteiger partial charge >= 0.3 is 0 Å². The summed E-state index contributed by atoms with van der Waals surface area (Å²) in [5.41, 5.74) is 6.65. The lowest BCUT2D eigenvalue weighted by Crippen LogP contribution is -2.47. The summed E-state index contributed by atoms with van der Waals surface area (Å²) in [4.78, 5) is 3.28. The fourth-order valence-corrected chi connectivity index (χ4v) is 2.30. The maximum Gasteiger partial charge on any atom is 0.140 e. The predicted octanol–water partition coefficient (Wildman–Crippen LogP) is 2.44. The van der Waals surface area contributed by atoms with Gasteiger partial charge in [-0.25, -0.2) is 0 Å². The van der Waals surface area contributed by atoms with Crippen LogP contribution in [0.3, 0.4) is 0 Å². The molecular formula is C14H15ClN3O2+. The van der Waals surface area contributed by atoms with Crippen molar-refractivity contribution in [3.63, 3.8) is 0 Å². The lowest BCUT2D eigenvalue weighted by molar-refractivity contribution is -0.387. The molecule has 0 saturated carbocycles. The summed E-state index contributed by atoms with van der Waals surface area (Å²) in [5.74, 6) is 1.38. The summed E-state index contributed by atoms with van der Waals surface area (Å²) in [6.07, 6.45) is 0. The quantitative estimate of drug-likeness (QED) is 0.775. The van der Waals surface area contributed by atoms with Gasteiger partial charge in [0, 0.05) is 23.0 Å². The number of nitrogens with zero attached hydrogens (tertiary/aromatic N) is 1. The Labute approximate surface area is 120 Å². The SMILES string of the molecule is Cc1cc(COc2cc3[nH]c(C[NH3+])cc3cc2Cl)no1. The molecule has 104 valence electrons. The van der Waals surface area contributed by atoms with E-state index < -0.39 is 0 Å². The molecule has 0 atom stereocenters. The molecule has 1 aromatic carbocycles. The first kappa shape index (κ1) is 13.0. The van der Waals surface area contributed by atoms with Crippen LogP contribution in [-0.2, 0) is 13.2 Å². The maximum atomic E-state index is 6.23. The molecule has 0 radical (unpaired) electrons. The number of nitrogens with one attached hydrogen (secondary N) is 1. The van der Waals surface area contributed by atoms with Crippen molar-refractivity contribution >= 4 is 22.5 Å². The third-order valence-corrected chi connectivity index (χ3v) is 3.35. The molecular weight excluding hydrogens is 278 g/mol. The highest BCUT2D eigenvalue weighted by Crippen LogP contribution is 2.30. The number of aromatic nitrogens is 2. The van der Waals surface area contributed by atoms with Crippen LogP contribution < -0.4 is 10.5 Å². The molecule has 5 nitrogen and oxygen atoms in total. The molecule has 0 fully saturated rings. The number of benzene rings is 1. The van der Waals surface area contributed by atoms with Crippen LogP contribution in [0.25, 0.3) is 10.9 Å². The van der Waals surface area contributed by atoms with Gasteiger partial charge in [-0.3, -0.25) is 0 Å². The highest BCUT2D eigenvalue weighted by molar-refractivity contribution is 6.32. The summed E-state index contributed by atoms with van der Waals surface area (Å²) < 4.78 is 10.7. The van der Waals surface area contributed by atoms with Crippen molar-refractivity contribution in [3.8, 4) is 5.75 Å². The monoisotopic (exact) mass is 292 g/mol. The lowest BCUT2D eigenvalue weighted by atomic mass is 10.2. The molecule has 0 saturated heterocycles. The van der Waals surface area contributed by atoms with Gasteiger partial charge in [-0.2, -0.15) is 0 Å². The van der Waals surface area contributed by atoms with Crippen molar-refractivity contribution in [2.75, 3.05) is 0 Å². The van der Waals surface area contributed by atoms with Crippen molar-refractivity contribution in [1.82, 2.24) is 10.1 Å². The first-order valence-electron chi connectivity index (χ1n) is 6.31.